The van der Waals surface area contributed by atoms with Crippen LogP contribution in [0.25, 0.3) is 0 Å². The van der Waals surface area contributed by atoms with E-state index in [0.29, 0.717) is 17.8 Å². The molecule has 0 aromatic heterocycles. The third-order valence-corrected chi connectivity index (χ3v) is 11.0. The summed E-state index contributed by atoms with van der Waals surface area (Å²) in [6.07, 6.45) is 9.38. The highest BCUT2D eigenvalue weighted by Crippen LogP contribution is 2.74. The summed E-state index contributed by atoms with van der Waals surface area (Å²) in [7, 11) is 0. The number of esters is 1. The molecule has 5 rings (SSSR count). The third kappa shape index (κ3) is 4.00. The molecule has 0 N–H and O–H groups in total. The Labute approximate surface area is 212 Å². The molecule has 1 spiro atoms. The fourth-order valence-electron chi connectivity index (χ4n) is 9.48. The highest BCUT2D eigenvalue weighted by molar-refractivity contribution is 5.66. The Morgan fingerprint density at radius 3 is 2.23 bits per heavy atom. The van der Waals surface area contributed by atoms with Crippen LogP contribution in [0.15, 0.2) is 0 Å². The second kappa shape index (κ2) is 8.68. The minimum absolute atomic E-state index is 0.0684. The van der Waals surface area contributed by atoms with Gasteiger partial charge in [0.2, 0.25) is 0 Å². The lowest BCUT2D eigenvalue weighted by Crippen LogP contribution is -2.67. The van der Waals surface area contributed by atoms with Crippen LogP contribution in [0.4, 0.5) is 0 Å². The molecule has 8 atom stereocenters. The van der Waals surface area contributed by atoms with Gasteiger partial charge in [0.1, 0.15) is 12.2 Å². The average Bonchev–Trinajstić information content (AvgIpc) is 3.06. The zero-order chi connectivity index (χ0) is 25.3. The normalized spacial score (nSPS) is 47.0. The van der Waals surface area contributed by atoms with E-state index in [0.717, 1.165) is 58.2 Å². The molecule has 5 fully saturated rings. The molecule has 1 aliphatic heterocycles. The fraction of sp³-hybridized carbons (Fsp3) is 0.966. The van der Waals surface area contributed by atoms with Crippen LogP contribution in [0, 0.1) is 34.0 Å². The molecule has 0 bridgehead atoms. The van der Waals surface area contributed by atoms with Gasteiger partial charge in [-0.2, -0.15) is 0 Å². The summed E-state index contributed by atoms with van der Waals surface area (Å²) in [4.78, 5) is 24.2. The molecule has 4 saturated carbocycles. The van der Waals surface area contributed by atoms with Gasteiger partial charge in [-0.3, -0.25) is 4.79 Å². The van der Waals surface area contributed by atoms with Crippen molar-refractivity contribution in [3.05, 3.63) is 0 Å². The van der Waals surface area contributed by atoms with E-state index in [4.69, 9.17) is 24.0 Å². The van der Waals surface area contributed by atoms with E-state index in [9.17, 15) is 4.79 Å². The van der Waals surface area contributed by atoms with E-state index >= 15 is 0 Å². The number of hydrogen-bond acceptors (Lipinski definition) is 6. The molecule has 0 aromatic carbocycles. The molecule has 6 heteroatoms. The van der Waals surface area contributed by atoms with Crippen molar-refractivity contribution in [2.45, 2.75) is 130 Å². The Bertz CT molecular complexity index is 814. The van der Waals surface area contributed by atoms with Crippen LogP contribution in [0.5, 0.6) is 0 Å². The van der Waals surface area contributed by atoms with Crippen LogP contribution in [0.2, 0.25) is 0 Å². The first-order chi connectivity index (χ1) is 16.3. The van der Waals surface area contributed by atoms with E-state index in [1.807, 2.05) is 20.8 Å². The summed E-state index contributed by atoms with van der Waals surface area (Å²) in [5.74, 6) is 0.816. The van der Waals surface area contributed by atoms with Gasteiger partial charge in [0.05, 0.1) is 24.2 Å². The summed E-state index contributed by atoms with van der Waals surface area (Å²) in [6.45, 7) is 16.6. The first-order valence-electron chi connectivity index (χ1n) is 14.1. The molecule has 35 heavy (non-hydrogen) atoms. The molecule has 6 nitrogen and oxygen atoms in total. The molecule has 0 radical (unpaired) electrons. The predicted octanol–water partition coefficient (Wildman–Crippen LogP) is 6.21. The maximum Gasteiger partial charge on any atom is 0.302 e. The van der Waals surface area contributed by atoms with E-state index in [-0.39, 0.29) is 40.0 Å². The molecule has 4 aliphatic carbocycles. The molecule has 0 amide bonds. The van der Waals surface area contributed by atoms with Gasteiger partial charge in [-0.05, 0) is 101 Å². The van der Waals surface area contributed by atoms with Crippen LogP contribution in [0.3, 0.4) is 0 Å². The number of carbonyl (C=O) groups is 1. The average molecular weight is 493 g/mol. The molecular formula is C29H48O6. The standard InChI is InChI=1S/C29H48O6/c1-19(30)33-21-10-13-26(5)20(17-21)9-12-27(6)22-11-14-29(31-15-8-16-32-29)28(22,7)24(18-23(26)27)34-35-25(2,3)4/h20-24H,8-18H2,1-7H3/t20-,21-,22+,23?,24?,26+,27+,28-/m1/s1. The maximum absolute atomic E-state index is 11.7. The van der Waals surface area contributed by atoms with Crippen molar-refractivity contribution in [1.82, 2.24) is 0 Å². The SMILES string of the molecule is CC(=O)O[C@@H]1CC[C@]2(C)C3CC(OOC(C)(C)C)[C@@]4(C)[C@@H](CCC45OCCCO5)[C@]3(C)CC[C@@H]2C1. The Kier molecular flexibility index (Phi) is 6.43. The van der Waals surface area contributed by atoms with Crippen molar-refractivity contribution in [3.63, 3.8) is 0 Å². The maximum atomic E-state index is 11.7. The van der Waals surface area contributed by atoms with Crippen LogP contribution in [-0.2, 0) is 28.8 Å². The zero-order valence-electron chi connectivity index (χ0n) is 23.1. The van der Waals surface area contributed by atoms with Crippen molar-refractivity contribution >= 4 is 5.97 Å². The van der Waals surface area contributed by atoms with E-state index in [1.165, 1.54) is 19.8 Å². The van der Waals surface area contributed by atoms with Gasteiger partial charge >= 0.3 is 5.97 Å². The van der Waals surface area contributed by atoms with E-state index in [2.05, 4.69) is 20.8 Å². The van der Waals surface area contributed by atoms with Gasteiger partial charge in [-0.1, -0.05) is 20.8 Å². The lowest BCUT2D eigenvalue weighted by atomic mass is 9.39. The van der Waals surface area contributed by atoms with Crippen LogP contribution in [-0.4, -0.2) is 42.8 Å². The van der Waals surface area contributed by atoms with Gasteiger partial charge in [0.15, 0.2) is 5.79 Å². The second-order valence-corrected chi connectivity index (χ2v) is 14.0. The predicted molar refractivity (Wildman–Crippen MR) is 132 cm³/mol. The molecule has 0 aromatic rings. The second-order valence-electron chi connectivity index (χ2n) is 14.0. The minimum Gasteiger partial charge on any atom is -0.463 e. The smallest absolute Gasteiger partial charge is 0.302 e. The highest BCUT2D eigenvalue weighted by Gasteiger charge is 2.74. The van der Waals surface area contributed by atoms with Crippen molar-refractivity contribution in [3.8, 4) is 0 Å². The summed E-state index contributed by atoms with van der Waals surface area (Å²) < 4.78 is 18.8. The van der Waals surface area contributed by atoms with Crippen molar-refractivity contribution < 1.29 is 28.8 Å². The Morgan fingerprint density at radius 1 is 0.886 bits per heavy atom. The van der Waals surface area contributed by atoms with Crippen molar-refractivity contribution in [2.24, 2.45) is 34.0 Å². The van der Waals surface area contributed by atoms with Gasteiger partial charge in [-0.25, -0.2) is 9.78 Å². The molecule has 5 aliphatic rings. The molecule has 200 valence electrons. The molecule has 2 unspecified atom stereocenters. The number of ether oxygens (including phenoxy) is 3. The molecule has 1 saturated heterocycles. The van der Waals surface area contributed by atoms with Gasteiger partial charge in [0, 0.05) is 13.3 Å². The van der Waals surface area contributed by atoms with Crippen LogP contribution < -0.4 is 0 Å². The van der Waals surface area contributed by atoms with Crippen LogP contribution in [0.1, 0.15) is 106 Å². The topological polar surface area (TPSA) is 63.2 Å². The quantitative estimate of drug-likeness (QED) is 0.265. The fourth-order valence-corrected chi connectivity index (χ4v) is 9.48. The Balaban J connectivity index is 1.49. The lowest BCUT2D eigenvalue weighted by Gasteiger charge is -2.67. The highest BCUT2D eigenvalue weighted by atomic mass is 17.2. The van der Waals surface area contributed by atoms with Crippen molar-refractivity contribution in [2.75, 3.05) is 13.2 Å². The summed E-state index contributed by atoms with van der Waals surface area (Å²) in [5.41, 5.74) is -0.238. The van der Waals surface area contributed by atoms with Gasteiger partial charge in [0.25, 0.3) is 0 Å². The van der Waals surface area contributed by atoms with Gasteiger partial charge in [-0.15, -0.1) is 0 Å². The Hall–Kier alpha value is -0.690. The Morgan fingerprint density at radius 2 is 1.57 bits per heavy atom. The van der Waals surface area contributed by atoms with Gasteiger partial charge < -0.3 is 14.2 Å². The molecule has 1 heterocycles. The zero-order valence-corrected chi connectivity index (χ0v) is 23.1. The minimum atomic E-state index is -0.583. The number of hydrogen-bond donors (Lipinski definition) is 0. The summed E-state index contributed by atoms with van der Waals surface area (Å²) in [5, 5.41) is 0. The number of fused-ring (bicyclic) bond motifs is 6. The van der Waals surface area contributed by atoms with E-state index < -0.39 is 5.79 Å². The molecular weight excluding hydrogens is 444 g/mol. The number of rotatable bonds is 3. The number of carbonyl (C=O) groups excluding carboxylic acids is 1. The van der Waals surface area contributed by atoms with Crippen LogP contribution >= 0.6 is 0 Å². The summed E-state index contributed by atoms with van der Waals surface area (Å²) in [6, 6.07) is 0. The third-order valence-electron chi connectivity index (χ3n) is 11.0. The largest absolute Gasteiger partial charge is 0.463 e. The van der Waals surface area contributed by atoms with E-state index in [1.54, 1.807) is 0 Å². The monoisotopic (exact) mass is 492 g/mol. The van der Waals surface area contributed by atoms with Crippen molar-refractivity contribution in [1.29, 1.82) is 0 Å². The first kappa shape index (κ1) is 25.9. The summed E-state index contributed by atoms with van der Waals surface area (Å²) >= 11 is 0. The lowest BCUT2D eigenvalue weighted by molar-refractivity contribution is -0.435. The first-order valence-corrected chi connectivity index (χ1v) is 14.1.